The van der Waals surface area contributed by atoms with E-state index in [0.29, 0.717) is 10.6 Å². The zero-order valence-corrected chi connectivity index (χ0v) is 13.9. The number of hydrogen-bond donors (Lipinski definition) is 1. The Labute approximate surface area is 132 Å². The third-order valence-electron chi connectivity index (χ3n) is 3.09. The van der Waals surface area contributed by atoms with Gasteiger partial charge in [0.2, 0.25) is 0 Å². The summed E-state index contributed by atoms with van der Waals surface area (Å²) in [5.41, 5.74) is 4.57. The summed E-state index contributed by atoms with van der Waals surface area (Å²) in [7, 11) is 0. The Kier molecular flexibility index (Phi) is 4.51. The Hall–Kier alpha value is -1.32. The molecule has 2 rings (SSSR count). The molecular weight excluding hydrogens is 338 g/mol. The van der Waals surface area contributed by atoms with Crippen LogP contribution in [0.1, 0.15) is 27.0 Å². The van der Waals surface area contributed by atoms with E-state index < -0.39 is 0 Å². The topological polar surface area (TPSA) is 29.1 Å². The van der Waals surface area contributed by atoms with E-state index >= 15 is 0 Å². The van der Waals surface area contributed by atoms with Crippen molar-refractivity contribution in [1.29, 1.82) is 0 Å². The van der Waals surface area contributed by atoms with Gasteiger partial charge in [0.1, 0.15) is 0 Å². The van der Waals surface area contributed by atoms with E-state index in [1.165, 1.54) is 5.56 Å². The van der Waals surface area contributed by atoms with Crippen molar-refractivity contribution >= 4 is 39.1 Å². The molecule has 0 heterocycles. The number of halogens is 2. The molecule has 0 saturated heterocycles. The van der Waals surface area contributed by atoms with E-state index in [-0.39, 0.29) is 5.91 Å². The molecule has 20 heavy (non-hydrogen) atoms. The molecule has 0 fully saturated rings. The van der Waals surface area contributed by atoms with Crippen molar-refractivity contribution in [3.05, 3.63) is 62.1 Å². The Morgan fingerprint density at radius 1 is 1.10 bits per heavy atom. The summed E-state index contributed by atoms with van der Waals surface area (Å²) in [6, 6.07) is 9.32. The molecule has 0 unspecified atom stereocenters. The molecule has 2 aromatic rings. The van der Waals surface area contributed by atoms with Crippen LogP contribution in [0.3, 0.4) is 0 Å². The summed E-state index contributed by atoms with van der Waals surface area (Å²) < 4.78 is 0.824. The Balaban J connectivity index is 2.35. The van der Waals surface area contributed by atoms with Gasteiger partial charge in [0.25, 0.3) is 5.91 Å². The monoisotopic (exact) mass is 351 g/mol. The highest BCUT2D eigenvalue weighted by atomic mass is 79.9. The van der Waals surface area contributed by atoms with Crippen molar-refractivity contribution in [3.8, 4) is 0 Å². The van der Waals surface area contributed by atoms with Crippen LogP contribution in [-0.4, -0.2) is 5.91 Å². The van der Waals surface area contributed by atoms with Crippen molar-refractivity contribution in [2.24, 2.45) is 0 Å². The summed E-state index contributed by atoms with van der Waals surface area (Å²) in [4.78, 5) is 12.4. The van der Waals surface area contributed by atoms with E-state index in [4.69, 9.17) is 11.6 Å². The first-order valence-electron chi connectivity index (χ1n) is 6.22. The highest BCUT2D eigenvalue weighted by Gasteiger charge is 2.13. The van der Waals surface area contributed by atoms with Gasteiger partial charge < -0.3 is 5.32 Å². The van der Waals surface area contributed by atoms with Gasteiger partial charge in [0, 0.05) is 10.2 Å². The van der Waals surface area contributed by atoms with E-state index in [9.17, 15) is 4.79 Å². The minimum Gasteiger partial charge on any atom is -0.321 e. The van der Waals surface area contributed by atoms with E-state index in [1.54, 1.807) is 12.1 Å². The predicted octanol–water partition coefficient (Wildman–Crippen LogP) is 5.28. The van der Waals surface area contributed by atoms with Gasteiger partial charge in [-0.15, -0.1) is 0 Å². The maximum Gasteiger partial charge on any atom is 0.257 e. The number of amides is 1. The molecule has 0 spiro atoms. The lowest BCUT2D eigenvalue weighted by Crippen LogP contribution is -2.14. The average molecular weight is 353 g/mol. The molecule has 0 bridgehead atoms. The third kappa shape index (κ3) is 3.22. The fraction of sp³-hybridized carbons (Fsp3) is 0.188. The fourth-order valence-corrected chi connectivity index (χ4v) is 2.79. The lowest BCUT2D eigenvalue weighted by atomic mass is 10.0. The largest absolute Gasteiger partial charge is 0.321 e. The molecule has 1 amide bonds. The molecule has 0 aliphatic carbocycles. The third-order valence-corrected chi connectivity index (χ3v) is 3.91. The molecule has 2 nitrogen and oxygen atoms in total. The van der Waals surface area contributed by atoms with Crippen molar-refractivity contribution < 1.29 is 4.79 Å². The van der Waals surface area contributed by atoms with Gasteiger partial charge in [-0.25, -0.2) is 0 Å². The average Bonchev–Trinajstić information content (AvgIpc) is 2.36. The van der Waals surface area contributed by atoms with Crippen LogP contribution in [0.15, 0.2) is 34.8 Å². The molecule has 0 saturated carbocycles. The van der Waals surface area contributed by atoms with Gasteiger partial charge in [-0.3, -0.25) is 4.79 Å². The quantitative estimate of drug-likeness (QED) is 0.782. The minimum absolute atomic E-state index is 0.202. The van der Waals surface area contributed by atoms with Gasteiger partial charge in [-0.1, -0.05) is 45.2 Å². The number of benzene rings is 2. The molecule has 0 atom stereocenters. The van der Waals surface area contributed by atoms with Crippen molar-refractivity contribution in [2.75, 3.05) is 5.32 Å². The summed E-state index contributed by atoms with van der Waals surface area (Å²) in [6.07, 6.45) is 0. The molecule has 2 aromatic carbocycles. The molecule has 0 aromatic heterocycles. The Morgan fingerprint density at radius 3 is 2.30 bits per heavy atom. The zero-order chi connectivity index (χ0) is 14.9. The number of nitrogens with one attached hydrogen (secondary N) is 1. The van der Waals surface area contributed by atoms with Crippen molar-refractivity contribution in [1.82, 2.24) is 0 Å². The van der Waals surface area contributed by atoms with Crippen LogP contribution in [0.5, 0.6) is 0 Å². The first kappa shape index (κ1) is 15.1. The number of anilines is 1. The lowest BCUT2D eigenvalue weighted by Gasteiger charge is -2.13. The number of carbonyl (C=O) groups is 1. The van der Waals surface area contributed by atoms with E-state index in [2.05, 4.69) is 21.2 Å². The fourth-order valence-electron chi connectivity index (χ4n) is 2.23. The van der Waals surface area contributed by atoms with Crippen LogP contribution in [0, 0.1) is 20.8 Å². The second-order valence-corrected chi connectivity index (χ2v) is 6.17. The lowest BCUT2D eigenvalue weighted by molar-refractivity contribution is 0.102. The van der Waals surface area contributed by atoms with Crippen LogP contribution in [0.2, 0.25) is 5.02 Å². The second kappa shape index (κ2) is 5.98. The van der Waals surface area contributed by atoms with Crippen LogP contribution in [0.25, 0.3) is 0 Å². The molecule has 4 heteroatoms. The van der Waals surface area contributed by atoms with Crippen LogP contribution in [0.4, 0.5) is 5.69 Å². The van der Waals surface area contributed by atoms with Gasteiger partial charge in [-0.2, -0.15) is 0 Å². The number of carbonyl (C=O) groups excluding carboxylic acids is 1. The molecule has 104 valence electrons. The molecule has 0 aliphatic heterocycles. The molecule has 0 radical (unpaired) electrons. The minimum atomic E-state index is -0.202. The summed E-state index contributed by atoms with van der Waals surface area (Å²) >= 11 is 9.43. The van der Waals surface area contributed by atoms with Crippen molar-refractivity contribution in [3.63, 3.8) is 0 Å². The highest BCUT2D eigenvalue weighted by molar-refractivity contribution is 9.10. The predicted molar refractivity (Wildman–Crippen MR) is 87.8 cm³/mol. The van der Waals surface area contributed by atoms with Crippen molar-refractivity contribution in [2.45, 2.75) is 20.8 Å². The maximum atomic E-state index is 12.4. The van der Waals surface area contributed by atoms with Gasteiger partial charge in [0.15, 0.2) is 0 Å². The number of aryl methyl sites for hydroxylation is 3. The zero-order valence-electron chi connectivity index (χ0n) is 11.6. The molecule has 1 N–H and O–H groups in total. The maximum absolute atomic E-state index is 12.4. The van der Waals surface area contributed by atoms with Crippen LogP contribution >= 0.6 is 27.5 Å². The normalized spacial score (nSPS) is 10.4. The van der Waals surface area contributed by atoms with Gasteiger partial charge >= 0.3 is 0 Å². The van der Waals surface area contributed by atoms with Crippen LogP contribution in [-0.2, 0) is 0 Å². The number of hydrogen-bond acceptors (Lipinski definition) is 1. The summed E-state index contributed by atoms with van der Waals surface area (Å²) in [6.45, 7) is 6.01. The second-order valence-electron chi connectivity index (χ2n) is 4.85. The number of rotatable bonds is 2. The Morgan fingerprint density at radius 2 is 1.70 bits per heavy atom. The summed E-state index contributed by atoms with van der Waals surface area (Å²) in [5.74, 6) is -0.202. The molecular formula is C16H15BrClNO. The molecule has 0 aliphatic rings. The summed E-state index contributed by atoms with van der Waals surface area (Å²) in [5, 5.41) is 3.38. The van der Waals surface area contributed by atoms with E-state index in [1.807, 2.05) is 39.0 Å². The Bertz CT molecular complexity index is 659. The van der Waals surface area contributed by atoms with E-state index in [0.717, 1.165) is 21.3 Å². The van der Waals surface area contributed by atoms with Gasteiger partial charge in [0.05, 0.1) is 10.6 Å². The SMILES string of the molecule is Cc1cc(C)c(NC(=O)c2cc(Br)ccc2Cl)c(C)c1. The first-order chi connectivity index (χ1) is 9.38. The standard InChI is InChI=1S/C16H15BrClNO/c1-9-6-10(2)15(11(3)7-9)19-16(20)13-8-12(17)4-5-14(13)18/h4-8H,1-3H3,(H,19,20). The first-order valence-corrected chi connectivity index (χ1v) is 7.40. The van der Waals surface area contributed by atoms with Crippen LogP contribution < -0.4 is 5.32 Å². The van der Waals surface area contributed by atoms with Gasteiger partial charge in [-0.05, 0) is 50.1 Å². The smallest absolute Gasteiger partial charge is 0.257 e. The highest BCUT2D eigenvalue weighted by Crippen LogP contribution is 2.25.